The van der Waals surface area contributed by atoms with Crippen molar-refractivity contribution in [2.75, 3.05) is 0 Å². The van der Waals surface area contributed by atoms with Gasteiger partial charge < -0.3 is 9.47 Å². The van der Waals surface area contributed by atoms with Gasteiger partial charge in [0.1, 0.15) is 6.07 Å². The second-order valence-corrected chi connectivity index (χ2v) is 6.82. The Morgan fingerprint density at radius 3 is 2.64 bits per heavy atom. The fraction of sp³-hybridized carbons (Fsp3) is 0.278. The van der Waals surface area contributed by atoms with E-state index in [1.54, 1.807) is 6.07 Å². The fourth-order valence-corrected chi connectivity index (χ4v) is 3.05. The molecule has 0 heterocycles. The molecule has 0 atom stereocenters. The summed E-state index contributed by atoms with van der Waals surface area (Å²) in [5, 5.41) is 20.6. The molecule has 1 aliphatic carbocycles. The molecular formula is C18H15BrN2O4. The summed E-state index contributed by atoms with van der Waals surface area (Å²) in [6, 6.07) is 16.3. The molecule has 3 rings (SSSR count). The minimum absolute atomic E-state index is 0.0856. The van der Waals surface area contributed by atoms with Crippen LogP contribution in [0.3, 0.4) is 0 Å². The predicted octanol–water partition coefficient (Wildman–Crippen LogP) is 4.38. The third-order valence-corrected chi connectivity index (χ3v) is 4.56. The first-order valence-corrected chi connectivity index (χ1v) is 8.50. The van der Waals surface area contributed by atoms with Crippen LogP contribution in [0.5, 0.6) is 5.75 Å². The van der Waals surface area contributed by atoms with Crippen molar-refractivity contribution in [3.8, 4) is 11.8 Å². The van der Waals surface area contributed by atoms with Crippen LogP contribution in [-0.4, -0.2) is 16.6 Å². The number of nitrogens with zero attached hydrogens (tertiary/aromatic N) is 2. The first-order chi connectivity index (χ1) is 12.0. The lowest BCUT2D eigenvalue weighted by Gasteiger charge is -2.41. The lowest BCUT2D eigenvalue weighted by Crippen LogP contribution is -2.51. The van der Waals surface area contributed by atoms with Crippen molar-refractivity contribution >= 4 is 21.6 Å². The van der Waals surface area contributed by atoms with Crippen LogP contribution >= 0.6 is 15.9 Å². The molecule has 0 saturated heterocycles. The Kier molecular flexibility index (Phi) is 5.02. The zero-order valence-corrected chi connectivity index (χ0v) is 14.8. The van der Waals surface area contributed by atoms with Gasteiger partial charge in [0.25, 0.3) is 0 Å². The van der Waals surface area contributed by atoms with Crippen molar-refractivity contribution in [2.24, 2.45) is 0 Å². The van der Waals surface area contributed by atoms with Crippen molar-refractivity contribution < 1.29 is 14.4 Å². The summed E-state index contributed by atoms with van der Waals surface area (Å²) in [7, 11) is 0. The van der Waals surface area contributed by atoms with Crippen molar-refractivity contribution in [1.82, 2.24) is 0 Å². The normalized spacial score (nSPS) is 21.8. The number of rotatable bonds is 6. The third-order valence-electron chi connectivity index (χ3n) is 4.07. The number of hydrogen-bond donors (Lipinski definition) is 0. The van der Waals surface area contributed by atoms with E-state index in [-0.39, 0.29) is 17.5 Å². The molecule has 0 bridgehead atoms. The molecule has 0 N–H and O–H groups in total. The van der Waals surface area contributed by atoms with Crippen LogP contribution in [0.25, 0.3) is 0 Å². The highest BCUT2D eigenvalue weighted by atomic mass is 79.9. The van der Waals surface area contributed by atoms with Crippen LogP contribution in [0.15, 0.2) is 53.0 Å². The van der Waals surface area contributed by atoms with Gasteiger partial charge in [0, 0.05) is 29.4 Å². The van der Waals surface area contributed by atoms with Crippen LogP contribution < -0.4 is 4.74 Å². The molecule has 6 nitrogen and oxygen atoms in total. The van der Waals surface area contributed by atoms with Gasteiger partial charge in [-0.2, -0.15) is 5.26 Å². The number of ether oxygens (including phenoxy) is 2. The summed E-state index contributed by atoms with van der Waals surface area (Å²) in [6.07, 6.45) is 0.645. The van der Waals surface area contributed by atoms with Crippen molar-refractivity contribution in [1.29, 1.82) is 5.26 Å². The Hall–Kier alpha value is -2.43. The van der Waals surface area contributed by atoms with Crippen LogP contribution in [-0.2, 0) is 11.3 Å². The smallest absolute Gasteiger partial charge is 0.311 e. The molecule has 1 aliphatic rings. The molecule has 128 valence electrons. The van der Waals surface area contributed by atoms with Gasteiger partial charge in [-0.1, -0.05) is 46.3 Å². The molecule has 2 aromatic carbocycles. The lowest BCUT2D eigenvalue weighted by molar-refractivity contribution is -0.386. The number of nitriles is 1. The van der Waals surface area contributed by atoms with E-state index in [0.717, 1.165) is 5.56 Å². The van der Waals surface area contributed by atoms with Crippen molar-refractivity contribution in [3.63, 3.8) is 0 Å². The zero-order valence-electron chi connectivity index (χ0n) is 13.2. The number of nitro benzene ring substituents is 1. The number of benzene rings is 2. The zero-order chi connectivity index (χ0) is 17.9. The lowest BCUT2D eigenvalue weighted by atomic mass is 9.78. The third kappa shape index (κ3) is 3.98. The molecule has 0 unspecified atom stereocenters. The molecule has 2 aromatic rings. The molecule has 25 heavy (non-hydrogen) atoms. The van der Waals surface area contributed by atoms with Crippen molar-refractivity contribution in [2.45, 2.75) is 31.2 Å². The Morgan fingerprint density at radius 2 is 2.00 bits per heavy atom. The molecule has 1 fully saturated rings. The van der Waals surface area contributed by atoms with Gasteiger partial charge in [-0.15, -0.1) is 0 Å². The van der Waals surface area contributed by atoms with Gasteiger partial charge in [-0.25, -0.2) is 0 Å². The second-order valence-electron chi connectivity index (χ2n) is 5.90. The van der Waals surface area contributed by atoms with Crippen LogP contribution in [0, 0.1) is 21.4 Å². The maximum atomic E-state index is 11.1. The Morgan fingerprint density at radius 1 is 1.28 bits per heavy atom. The Balaban J connectivity index is 1.64. The van der Waals surface area contributed by atoms with E-state index < -0.39 is 10.5 Å². The minimum atomic E-state index is -1.09. The van der Waals surface area contributed by atoms with Crippen LogP contribution in [0.4, 0.5) is 5.69 Å². The van der Waals surface area contributed by atoms with Crippen molar-refractivity contribution in [3.05, 3.63) is 68.7 Å². The van der Waals surface area contributed by atoms with E-state index in [1.165, 1.54) is 12.1 Å². The van der Waals surface area contributed by atoms with Gasteiger partial charge in [-0.3, -0.25) is 10.1 Å². The van der Waals surface area contributed by atoms with Gasteiger partial charge in [0.05, 0.1) is 17.6 Å². The maximum Gasteiger partial charge on any atom is 0.311 e. The number of nitro groups is 1. The van der Waals surface area contributed by atoms with Gasteiger partial charge in [-0.05, 0) is 11.6 Å². The molecule has 0 aliphatic heterocycles. The fourth-order valence-electron chi connectivity index (χ4n) is 2.71. The highest BCUT2D eigenvalue weighted by molar-refractivity contribution is 9.10. The first-order valence-electron chi connectivity index (χ1n) is 7.71. The van der Waals surface area contributed by atoms with E-state index >= 15 is 0 Å². The summed E-state index contributed by atoms with van der Waals surface area (Å²) in [5.41, 5.74) is -0.195. The SMILES string of the molecule is N#CC1(Oc2cc(Br)ccc2[N+](=O)[O-])CC(OCc2ccccc2)C1. The average molecular weight is 403 g/mol. The summed E-state index contributed by atoms with van der Waals surface area (Å²) >= 11 is 3.27. The maximum absolute atomic E-state index is 11.1. The molecule has 1 saturated carbocycles. The largest absolute Gasteiger partial charge is 0.465 e. The topological polar surface area (TPSA) is 85.4 Å². The second kappa shape index (κ2) is 7.21. The summed E-state index contributed by atoms with van der Waals surface area (Å²) in [5.74, 6) is 0.0856. The summed E-state index contributed by atoms with van der Waals surface area (Å²) in [4.78, 5) is 10.6. The Bertz CT molecular complexity index is 814. The quantitative estimate of drug-likeness (QED) is 0.528. The monoisotopic (exact) mass is 402 g/mol. The molecule has 0 amide bonds. The predicted molar refractivity (Wildman–Crippen MR) is 94.0 cm³/mol. The number of hydrogen-bond acceptors (Lipinski definition) is 5. The first kappa shape index (κ1) is 17.4. The minimum Gasteiger partial charge on any atom is -0.465 e. The highest BCUT2D eigenvalue weighted by Crippen LogP contribution is 2.42. The standard InChI is InChI=1S/C18H15BrN2O4/c19-14-6-7-16(21(22)23)17(8-14)25-18(12-20)9-15(10-18)24-11-13-4-2-1-3-5-13/h1-8,15H,9-11H2. The Labute approximate surface area is 153 Å². The van der Waals surface area contributed by atoms with E-state index in [2.05, 4.69) is 22.0 Å². The summed E-state index contributed by atoms with van der Waals surface area (Å²) < 4.78 is 12.2. The van der Waals surface area contributed by atoms with Gasteiger partial charge >= 0.3 is 5.69 Å². The number of halogens is 1. The van der Waals surface area contributed by atoms with Crippen LogP contribution in [0.2, 0.25) is 0 Å². The van der Waals surface area contributed by atoms with E-state index in [4.69, 9.17) is 9.47 Å². The highest BCUT2D eigenvalue weighted by Gasteiger charge is 2.49. The average Bonchev–Trinajstić information content (AvgIpc) is 2.57. The molecular weight excluding hydrogens is 388 g/mol. The molecule has 0 aromatic heterocycles. The van der Waals surface area contributed by atoms with Gasteiger partial charge in [0.2, 0.25) is 0 Å². The molecule has 0 radical (unpaired) electrons. The van der Waals surface area contributed by atoms with E-state index in [0.29, 0.717) is 23.9 Å². The van der Waals surface area contributed by atoms with E-state index in [9.17, 15) is 15.4 Å². The summed E-state index contributed by atoms with van der Waals surface area (Å²) in [6.45, 7) is 0.462. The van der Waals surface area contributed by atoms with E-state index in [1.807, 2.05) is 30.3 Å². The molecule has 7 heteroatoms. The van der Waals surface area contributed by atoms with Crippen LogP contribution in [0.1, 0.15) is 18.4 Å². The van der Waals surface area contributed by atoms with Gasteiger partial charge in [0.15, 0.2) is 11.4 Å². The molecule has 0 spiro atoms.